The zero-order chi connectivity index (χ0) is 19.7. The number of nitrogens with zero attached hydrogens (tertiary/aromatic N) is 1. The maximum atomic E-state index is 13.0. The van der Waals surface area contributed by atoms with Gasteiger partial charge < -0.3 is 10.1 Å². The predicted molar refractivity (Wildman–Crippen MR) is 92.3 cm³/mol. The van der Waals surface area contributed by atoms with Crippen molar-refractivity contribution >= 4 is 6.09 Å². The summed E-state index contributed by atoms with van der Waals surface area (Å²) in [7, 11) is 0. The Hall–Kier alpha value is -3.45. The average Bonchev–Trinajstić information content (AvgIpc) is 2.66. The SMILES string of the molecule is N#Cc1ccc(C#CCCNC(=O)OCc2ccccc2)c(C(F)(F)F)c1. The van der Waals surface area contributed by atoms with Crippen molar-refractivity contribution in [3.05, 3.63) is 70.8 Å². The van der Waals surface area contributed by atoms with Gasteiger partial charge in [0.05, 0.1) is 17.2 Å². The highest BCUT2D eigenvalue weighted by atomic mass is 19.4. The molecule has 2 rings (SSSR count). The standard InChI is InChI=1S/C20H15F3N2O2/c21-20(22,23)18-12-16(13-24)9-10-17(18)8-4-5-11-25-19(26)27-14-15-6-2-1-3-7-15/h1-3,6-7,9-10,12H,5,11,14H2,(H,25,26). The van der Waals surface area contributed by atoms with Crippen molar-refractivity contribution in [2.75, 3.05) is 6.54 Å². The van der Waals surface area contributed by atoms with E-state index in [1.807, 2.05) is 30.3 Å². The van der Waals surface area contributed by atoms with Gasteiger partial charge in [0.15, 0.2) is 0 Å². The lowest BCUT2D eigenvalue weighted by Crippen LogP contribution is -2.24. The van der Waals surface area contributed by atoms with E-state index in [4.69, 9.17) is 10.00 Å². The van der Waals surface area contributed by atoms with Crippen LogP contribution in [0.5, 0.6) is 0 Å². The number of carbonyl (C=O) groups is 1. The van der Waals surface area contributed by atoms with E-state index in [0.29, 0.717) is 0 Å². The molecule has 4 nitrogen and oxygen atoms in total. The molecule has 138 valence electrons. The summed E-state index contributed by atoms with van der Waals surface area (Å²) in [6, 6.07) is 14.0. The molecule has 0 heterocycles. The zero-order valence-electron chi connectivity index (χ0n) is 14.1. The molecule has 0 unspecified atom stereocenters. The minimum Gasteiger partial charge on any atom is -0.445 e. The number of hydrogen-bond acceptors (Lipinski definition) is 3. The van der Waals surface area contributed by atoms with E-state index in [0.717, 1.165) is 17.7 Å². The van der Waals surface area contributed by atoms with E-state index in [2.05, 4.69) is 17.2 Å². The fraction of sp³-hybridized carbons (Fsp3) is 0.200. The molecule has 0 atom stereocenters. The van der Waals surface area contributed by atoms with E-state index < -0.39 is 17.8 Å². The van der Waals surface area contributed by atoms with Crippen molar-refractivity contribution in [2.24, 2.45) is 0 Å². The summed E-state index contributed by atoms with van der Waals surface area (Å²) < 4.78 is 44.1. The first-order valence-corrected chi connectivity index (χ1v) is 7.95. The second-order valence-corrected chi connectivity index (χ2v) is 5.41. The number of nitriles is 1. The summed E-state index contributed by atoms with van der Waals surface area (Å²) >= 11 is 0. The maximum absolute atomic E-state index is 13.0. The van der Waals surface area contributed by atoms with Gasteiger partial charge in [-0.1, -0.05) is 42.2 Å². The molecule has 0 saturated carbocycles. The number of halogens is 3. The number of amides is 1. The zero-order valence-corrected chi connectivity index (χ0v) is 14.1. The molecular formula is C20H15F3N2O2. The van der Waals surface area contributed by atoms with Crippen LogP contribution in [0.15, 0.2) is 48.5 Å². The van der Waals surface area contributed by atoms with E-state index in [1.54, 1.807) is 6.07 Å². The molecule has 0 aromatic heterocycles. The van der Waals surface area contributed by atoms with Crippen LogP contribution in [-0.2, 0) is 17.5 Å². The molecule has 2 aromatic rings. The monoisotopic (exact) mass is 372 g/mol. The Morgan fingerprint density at radius 1 is 1.15 bits per heavy atom. The molecule has 0 spiro atoms. The molecule has 0 saturated heterocycles. The van der Waals surface area contributed by atoms with Gasteiger partial charge in [-0.2, -0.15) is 18.4 Å². The van der Waals surface area contributed by atoms with Crippen LogP contribution < -0.4 is 5.32 Å². The number of alkyl carbamates (subject to hydrolysis) is 1. The number of nitrogens with one attached hydrogen (secondary N) is 1. The van der Waals surface area contributed by atoms with Gasteiger partial charge >= 0.3 is 12.3 Å². The van der Waals surface area contributed by atoms with Crippen LogP contribution in [0.3, 0.4) is 0 Å². The second kappa shape index (κ2) is 9.30. The Morgan fingerprint density at radius 2 is 1.89 bits per heavy atom. The predicted octanol–water partition coefficient (Wildman–Crippen LogP) is 4.25. The second-order valence-electron chi connectivity index (χ2n) is 5.41. The van der Waals surface area contributed by atoms with Crippen LogP contribution in [0.25, 0.3) is 0 Å². The molecule has 1 amide bonds. The van der Waals surface area contributed by atoms with E-state index >= 15 is 0 Å². The summed E-state index contributed by atoms with van der Waals surface area (Å²) in [6.45, 7) is 0.261. The van der Waals surface area contributed by atoms with Gasteiger partial charge in [0.2, 0.25) is 0 Å². The summed E-state index contributed by atoms with van der Waals surface area (Å²) in [4.78, 5) is 11.5. The smallest absolute Gasteiger partial charge is 0.417 e. The molecule has 7 heteroatoms. The Kier molecular flexibility index (Phi) is 6.85. The van der Waals surface area contributed by atoms with Crippen molar-refractivity contribution in [2.45, 2.75) is 19.2 Å². The first-order chi connectivity index (χ1) is 12.9. The van der Waals surface area contributed by atoms with Crippen LogP contribution in [0.2, 0.25) is 0 Å². The normalized spacial score (nSPS) is 10.3. The highest BCUT2D eigenvalue weighted by molar-refractivity contribution is 5.67. The fourth-order valence-electron chi connectivity index (χ4n) is 2.12. The van der Waals surface area contributed by atoms with Crippen molar-refractivity contribution in [1.29, 1.82) is 5.26 Å². The molecule has 0 aliphatic heterocycles. The third-order valence-electron chi connectivity index (χ3n) is 3.41. The van der Waals surface area contributed by atoms with E-state index in [1.165, 1.54) is 6.07 Å². The number of ether oxygens (including phenoxy) is 1. The van der Waals surface area contributed by atoms with Gasteiger partial charge in [0.25, 0.3) is 0 Å². The van der Waals surface area contributed by atoms with Gasteiger partial charge in [0.1, 0.15) is 6.61 Å². The van der Waals surface area contributed by atoms with Gasteiger partial charge in [-0.15, -0.1) is 0 Å². The molecule has 2 aromatic carbocycles. The minimum atomic E-state index is -4.60. The lowest BCUT2D eigenvalue weighted by Gasteiger charge is -2.09. The molecule has 27 heavy (non-hydrogen) atoms. The Labute approximate surface area is 154 Å². The molecular weight excluding hydrogens is 357 g/mol. The Morgan fingerprint density at radius 3 is 2.56 bits per heavy atom. The number of rotatable bonds is 4. The van der Waals surface area contributed by atoms with Gasteiger partial charge in [0, 0.05) is 18.5 Å². The number of hydrogen-bond donors (Lipinski definition) is 1. The van der Waals surface area contributed by atoms with Gasteiger partial charge in [-0.05, 0) is 23.8 Å². The molecule has 0 fully saturated rings. The molecule has 0 radical (unpaired) electrons. The number of carbonyl (C=O) groups excluding carboxylic acids is 1. The van der Waals surface area contributed by atoms with Crippen molar-refractivity contribution in [3.63, 3.8) is 0 Å². The molecule has 0 aliphatic rings. The maximum Gasteiger partial charge on any atom is 0.417 e. The van der Waals surface area contributed by atoms with Crippen LogP contribution in [0, 0.1) is 23.2 Å². The van der Waals surface area contributed by atoms with Crippen molar-refractivity contribution in [1.82, 2.24) is 5.32 Å². The lowest BCUT2D eigenvalue weighted by molar-refractivity contribution is -0.137. The van der Waals surface area contributed by atoms with Crippen molar-refractivity contribution < 1.29 is 22.7 Å². The van der Waals surface area contributed by atoms with E-state index in [9.17, 15) is 18.0 Å². The van der Waals surface area contributed by atoms with Crippen LogP contribution in [0.4, 0.5) is 18.0 Å². The first-order valence-electron chi connectivity index (χ1n) is 7.95. The van der Waals surface area contributed by atoms with Crippen LogP contribution >= 0.6 is 0 Å². The van der Waals surface area contributed by atoms with Gasteiger partial charge in [-0.3, -0.25) is 0 Å². The summed E-state index contributed by atoms with van der Waals surface area (Å²) in [5.41, 5.74) is -0.416. The summed E-state index contributed by atoms with van der Waals surface area (Å²) in [5, 5.41) is 11.2. The van der Waals surface area contributed by atoms with Crippen molar-refractivity contribution in [3.8, 4) is 17.9 Å². The van der Waals surface area contributed by atoms with Crippen LogP contribution in [-0.4, -0.2) is 12.6 Å². The highest BCUT2D eigenvalue weighted by Crippen LogP contribution is 2.32. The Balaban J connectivity index is 1.85. The fourth-order valence-corrected chi connectivity index (χ4v) is 2.12. The molecule has 0 aliphatic carbocycles. The van der Waals surface area contributed by atoms with Crippen LogP contribution in [0.1, 0.15) is 28.7 Å². The average molecular weight is 372 g/mol. The molecule has 1 N–H and O–H groups in total. The topological polar surface area (TPSA) is 62.1 Å². The third kappa shape index (κ3) is 6.41. The quantitative estimate of drug-likeness (QED) is 0.645. The number of benzene rings is 2. The number of alkyl halides is 3. The minimum absolute atomic E-state index is 0.0873. The Bertz CT molecular complexity index is 891. The third-order valence-corrected chi connectivity index (χ3v) is 3.41. The lowest BCUT2D eigenvalue weighted by atomic mass is 10.0. The summed E-state index contributed by atoms with van der Waals surface area (Å²) in [5.74, 6) is 5.01. The van der Waals surface area contributed by atoms with Gasteiger partial charge in [-0.25, -0.2) is 4.79 Å². The molecule has 0 bridgehead atoms. The summed E-state index contributed by atoms with van der Waals surface area (Å²) in [6.07, 6.45) is -5.08. The van der Waals surface area contributed by atoms with E-state index in [-0.39, 0.29) is 30.7 Å². The largest absolute Gasteiger partial charge is 0.445 e. The highest BCUT2D eigenvalue weighted by Gasteiger charge is 2.33. The first kappa shape index (κ1) is 19.9.